The molecular weight excluding hydrogens is 710 g/mol. The van der Waals surface area contributed by atoms with Crippen LogP contribution in [0.2, 0.25) is 0 Å². The number of carbonyl (C=O) groups is 10. The lowest BCUT2D eigenvalue weighted by molar-refractivity contribution is -0.146. The minimum Gasteiger partial charge on any atom is -0.345 e. The molecule has 0 fully saturated rings. The second-order valence-corrected chi connectivity index (χ2v) is 13.2. The number of amides is 10. The van der Waals surface area contributed by atoms with Gasteiger partial charge in [-0.3, -0.25) is 47.9 Å². The van der Waals surface area contributed by atoms with Crippen LogP contribution in [0.4, 0.5) is 0 Å². The normalized spacial score (nSPS) is 10.4. The van der Waals surface area contributed by atoms with Gasteiger partial charge in [0.1, 0.15) is 0 Å². The fraction of sp³-hybridized carbons (Fsp3) is 0.697. The second-order valence-electron chi connectivity index (χ2n) is 13.2. The van der Waals surface area contributed by atoms with Crippen molar-refractivity contribution in [1.29, 1.82) is 0 Å². The van der Waals surface area contributed by atoms with Gasteiger partial charge in [-0.25, -0.2) is 0 Å². The fourth-order valence-corrected chi connectivity index (χ4v) is 4.20. The summed E-state index contributed by atoms with van der Waals surface area (Å²) in [4.78, 5) is 137. The van der Waals surface area contributed by atoms with E-state index in [2.05, 4.69) is 0 Å². The highest BCUT2D eigenvalue weighted by molar-refractivity contribution is 5.93. The molecule has 306 valence electrons. The summed E-state index contributed by atoms with van der Waals surface area (Å²) in [6, 6.07) is 0. The van der Waals surface area contributed by atoms with E-state index in [-0.39, 0.29) is 57.5 Å². The Morgan fingerprint density at radius 1 is 0.296 bits per heavy atom. The summed E-state index contributed by atoms with van der Waals surface area (Å²) in [5.74, 6) is -4.98. The molecule has 0 aromatic rings. The van der Waals surface area contributed by atoms with Crippen LogP contribution in [0, 0.1) is 0 Å². The third-order valence-corrected chi connectivity index (χ3v) is 8.44. The van der Waals surface area contributed by atoms with Crippen LogP contribution in [0.15, 0.2) is 0 Å². The highest BCUT2D eigenvalue weighted by atomic mass is 16.2. The molecule has 0 aliphatic heterocycles. The van der Waals surface area contributed by atoms with Crippen molar-refractivity contribution in [2.45, 2.75) is 13.3 Å². The van der Waals surface area contributed by atoms with Crippen molar-refractivity contribution in [3.63, 3.8) is 0 Å². The molecule has 0 aliphatic carbocycles. The van der Waals surface area contributed by atoms with E-state index in [9.17, 15) is 47.9 Å². The van der Waals surface area contributed by atoms with Crippen LogP contribution in [-0.4, -0.2) is 251 Å². The Labute approximate surface area is 317 Å². The molecule has 0 bridgehead atoms. The first-order valence-electron chi connectivity index (χ1n) is 17.1. The summed E-state index contributed by atoms with van der Waals surface area (Å²) in [7, 11) is 14.0. The molecule has 0 heterocycles. The molecule has 21 heteroatoms. The Morgan fingerprint density at radius 3 is 0.593 bits per heavy atom. The standard InChI is InChI=1S/C33H59N11O10/c1-12-35(2)25(46)15-37(4)27(48)17-39(6)29(50)19-41(8)31(52)21-43(10)33(54)23-44(11)32(53)22-42(9)30(51)20-40(7)28(49)18-38(5)26(47)16-36(3)24(45)13-14-34/h12-23,34H2,1-11H3. The van der Waals surface area contributed by atoms with Crippen LogP contribution < -0.4 is 5.73 Å². The van der Waals surface area contributed by atoms with E-state index >= 15 is 0 Å². The van der Waals surface area contributed by atoms with Gasteiger partial charge in [0.15, 0.2) is 0 Å². The van der Waals surface area contributed by atoms with Gasteiger partial charge in [-0.15, -0.1) is 0 Å². The molecule has 0 aromatic carbocycles. The van der Waals surface area contributed by atoms with E-state index in [4.69, 9.17) is 5.73 Å². The average molecular weight is 770 g/mol. The Hall–Kier alpha value is -5.34. The molecule has 21 nitrogen and oxygen atoms in total. The molecule has 0 aromatic heterocycles. The first kappa shape index (κ1) is 48.7. The molecule has 0 saturated heterocycles. The van der Waals surface area contributed by atoms with E-state index in [0.717, 1.165) is 34.3 Å². The van der Waals surface area contributed by atoms with Gasteiger partial charge in [0, 0.05) is 90.0 Å². The lowest BCUT2D eigenvalue weighted by atomic mass is 10.3. The predicted molar refractivity (Wildman–Crippen MR) is 196 cm³/mol. The Bertz CT molecular complexity index is 1390. The molecule has 0 aliphatic rings. The molecule has 0 atom stereocenters. The number of rotatable bonds is 21. The largest absolute Gasteiger partial charge is 0.345 e. The van der Waals surface area contributed by atoms with Crippen molar-refractivity contribution >= 4 is 59.1 Å². The van der Waals surface area contributed by atoms with Gasteiger partial charge in [0.25, 0.3) is 0 Å². The first-order valence-corrected chi connectivity index (χ1v) is 17.1. The van der Waals surface area contributed by atoms with Crippen molar-refractivity contribution in [2.24, 2.45) is 5.73 Å². The Morgan fingerprint density at radius 2 is 0.444 bits per heavy atom. The maximum Gasteiger partial charge on any atom is 0.242 e. The van der Waals surface area contributed by atoms with Gasteiger partial charge in [-0.1, -0.05) is 0 Å². The maximum absolute atomic E-state index is 12.8. The van der Waals surface area contributed by atoms with E-state index in [0.29, 0.717) is 6.54 Å². The number of nitrogens with two attached hydrogens (primary N) is 1. The van der Waals surface area contributed by atoms with Crippen molar-refractivity contribution in [3.05, 3.63) is 0 Å². The summed E-state index contributed by atoms with van der Waals surface area (Å²) >= 11 is 0. The number of nitrogens with zero attached hydrogens (tertiary/aromatic N) is 10. The topological polar surface area (TPSA) is 229 Å². The SMILES string of the molecule is CCN(C)C(=O)CN(C)C(=O)CN(C)C(=O)CN(C)C(=O)CN(C)C(=O)CN(C)C(=O)CN(C)C(=O)CN(C)C(=O)CN(C)C(=O)CN(C)C(=O)CCN. The summed E-state index contributed by atoms with van der Waals surface area (Å²) in [6.45, 7) is -0.677. The number of likely N-dealkylation sites (N-methyl/N-ethyl adjacent to an activating group) is 10. The smallest absolute Gasteiger partial charge is 0.242 e. The van der Waals surface area contributed by atoms with Crippen LogP contribution in [0.1, 0.15) is 13.3 Å². The second kappa shape index (κ2) is 23.4. The van der Waals surface area contributed by atoms with Crippen LogP contribution in [0.25, 0.3) is 0 Å². The maximum atomic E-state index is 12.8. The van der Waals surface area contributed by atoms with Crippen LogP contribution in [0.5, 0.6) is 0 Å². The number of carbonyl (C=O) groups excluding carboxylic acids is 10. The van der Waals surface area contributed by atoms with Gasteiger partial charge in [-0.2, -0.15) is 0 Å². The molecule has 2 N–H and O–H groups in total. The van der Waals surface area contributed by atoms with E-state index < -0.39 is 73.4 Å². The molecule has 0 radical (unpaired) electrons. The van der Waals surface area contributed by atoms with Crippen LogP contribution in [-0.2, 0) is 47.9 Å². The lowest BCUT2D eigenvalue weighted by Crippen LogP contribution is -2.49. The zero-order valence-corrected chi connectivity index (χ0v) is 33.6. The molecule has 0 spiro atoms. The van der Waals surface area contributed by atoms with Crippen LogP contribution in [0.3, 0.4) is 0 Å². The molecule has 0 rings (SSSR count). The van der Waals surface area contributed by atoms with Gasteiger partial charge in [0.05, 0.1) is 58.9 Å². The van der Waals surface area contributed by atoms with Gasteiger partial charge < -0.3 is 54.7 Å². The molecule has 0 saturated carbocycles. The molecule has 54 heavy (non-hydrogen) atoms. The van der Waals surface area contributed by atoms with Gasteiger partial charge in [0.2, 0.25) is 59.1 Å². The Balaban J connectivity index is 4.86. The third-order valence-electron chi connectivity index (χ3n) is 8.44. The monoisotopic (exact) mass is 769 g/mol. The van der Waals surface area contributed by atoms with E-state index in [1.54, 1.807) is 14.0 Å². The number of hydrogen-bond acceptors (Lipinski definition) is 11. The van der Waals surface area contributed by atoms with Crippen molar-refractivity contribution in [3.8, 4) is 0 Å². The highest BCUT2D eigenvalue weighted by Gasteiger charge is 2.26. The quantitative estimate of drug-likeness (QED) is 0.116. The summed E-state index contributed by atoms with van der Waals surface area (Å²) in [6.07, 6.45) is 0.0779. The lowest BCUT2D eigenvalue weighted by Gasteiger charge is -2.27. The summed E-state index contributed by atoms with van der Waals surface area (Å²) < 4.78 is 0. The third kappa shape index (κ3) is 17.0. The van der Waals surface area contributed by atoms with E-state index in [1.165, 1.54) is 78.1 Å². The molecule has 0 unspecified atom stereocenters. The number of hydrogen-bond donors (Lipinski definition) is 1. The minimum atomic E-state index is -0.598. The summed E-state index contributed by atoms with van der Waals surface area (Å²) in [5.41, 5.74) is 5.36. The van der Waals surface area contributed by atoms with Crippen molar-refractivity contribution in [1.82, 2.24) is 49.0 Å². The van der Waals surface area contributed by atoms with Gasteiger partial charge in [-0.05, 0) is 6.92 Å². The van der Waals surface area contributed by atoms with Crippen molar-refractivity contribution < 1.29 is 47.9 Å². The zero-order chi connectivity index (χ0) is 42.0. The highest BCUT2D eigenvalue weighted by Crippen LogP contribution is 2.01. The van der Waals surface area contributed by atoms with Crippen molar-refractivity contribution in [2.75, 3.05) is 142 Å². The zero-order valence-electron chi connectivity index (χ0n) is 33.6. The average Bonchev–Trinajstić information content (AvgIpc) is 3.10. The minimum absolute atomic E-state index is 0.0779. The summed E-state index contributed by atoms with van der Waals surface area (Å²) in [5, 5.41) is 0. The fourth-order valence-electron chi connectivity index (χ4n) is 4.20. The van der Waals surface area contributed by atoms with E-state index in [1.807, 2.05) is 0 Å². The molecular formula is C33H59N11O10. The first-order chi connectivity index (χ1) is 25.0. The predicted octanol–water partition coefficient (Wildman–Crippen LogP) is -5.06. The van der Waals surface area contributed by atoms with Gasteiger partial charge >= 0.3 is 0 Å². The van der Waals surface area contributed by atoms with Crippen LogP contribution >= 0.6 is 0 Å². The molecule has 10 amide bonds. The Kier molecular flexibility index (Phi) is 21.0.